The van der Waals surface area contributed by atoms with Gasteiger partial charge in [-0.3, -0.25) is 0 Å². The van der Waals surface area contributed by atoms with E-state index in [0.717, 1.165) is 38.0 Å². The first kappa shape index (κ1) is 26.2. The molecule has 1 aliphatic rings. The SMILES string of the molecule is CNC(=O)NCC(CCCN1CCC(O)(c2ccc(Cl)cc2)CC1)(c1ccccc1)c1ccccc1. The fraction of sp³-hybridized carbons (Fsp3) is 0.367. The molecular formula is C30H36ClN3O2. The van der Waals surface area contributed by atoms with Gasteiger partial charge in [0, 0.05) is 37.1 Å². The summed E-state index contributed by atoms with van der Waals surface area (Å²) in [7, 11) is 1.64. The summed E-state index contributed by atoms with van der Waals surface area (Å²) in [5, 5.41) is 17.7. The molecular weight excluding hydrogens is 470 g/mol. The highest BCUT2D eigenvalue weighted by Gasteiger charge is 2.36. The number of carbonyl (C=O) groups is 1. The van der Waals surface area contributed by atoms with E-state index in [0.29, 0.717) is 24.4 Å². The summed E-state index contributed by atoms with van der Waals surface area (Å²) in [6.45, 7) is 3.15. The summed E-state index contributed by atoms with van der Waals surface area (Å²) in [6.07, 6.45) is 3.27. The molecule has 0 aliphatic carbocycles. The van der Waals surface area contributed by atoms with E-state index >= 15 is 0 Å². The number of benzene rings is 3. The summed E-state index contributed by atoms with van der Waals surface area (Å²) < 4.78 is 0. The lowest BCUT2D eigenvalue weighted by molar-refractivity contribution is -0.0262. The monoisotopic (exact) mass is 505 g/mol. The quantitative estimate of drug-likeness (QED) is 0.369. The van der Waals surface area contributed by atoms with Gasteiger partial charge in [0.05, 0.1) is 5.60 Å². The molecule has 190 valence electrons. The summed E-state index contributed by atoms with van der Waals surface area (Å²) >= 11 is 6.03. The molecule has 0 spiro atoms. The van der Waals surface area contributed by atoms with E-state index in [4.69, 9.17) is 11.6 Å². The molecule has 1 saturated heterocycles. The minimum atomic E-state index is -0.795. The molecule has 1 fully saturated rings. The van der Waals surface area contributed by atoms with Gasteiger partial charge in [-0.15, -0.1) is 0 Å². The molecule has 0 aromatic heterocycles. The van der Waals surface area contributed by atoms with Crippen LogP contribution in [0.5, 0.6) is 0 Å². The number of urea groups is 1. The zero-order valence-corrected chi connectivity index (χ0v) is 21.7. The molecule has 1 heterocycles. The van der Waals surface area contributed by atoms with E-state index in [1.165, 1.54) is 11.1 Å². The molecule has 3 aromatic rings. The Morgan fingerprint density at radius 3 is 2.03 bits per heavy atom. The number of rotatable bonds is 9. The van der Waals surface area contributed by atoms with Gasteiger partial charge in [-0.05, 0) is 61.1 Å². The number of piperidine rings is 1. The Bertz CT molecular complexity index is 1060. The summed E-state index contributed by atoms with van der Waals surface area (Å²) in [6, 6.07) is 28.3. The van der Waals surface area contributed by atoms with Gasteiger partial charge in [0.1, 0.15) is 0 Å². The molecule has 0 atom stereocenters. The van der Waals surface area contributed by atoms with Crippen LogP contribution in [0.3, 0.4) is 0 Å². The molecule has 0 bridgehead atoms. The predicted molar refractivity (Wildman–Crippen MR) is 146 cm³/mol. The largest absolute Gasteiger partial charge is 0.385 e. The van der Waals surface area contributed by atoms with Crippen LogP contribution < -0.4 is 10.6 Å². The van der Waals surface area contributed by atoms with E-state index in [-0.39, 0.29) is 11.4 Å². The average Bonchev–Trinajstić information content (AvgIpc) is 2.93. The molecule has 0 unspecified atom stereocenters. The molecule has 0 saturated carbocycles. The smallest absolute Gasteiger partial charge is 0.314 e. The molecule has 4 rings (SSSR count). The normalized spacial score (nSPS) is 15.9. The Morgan fingerprint density at radius 1 is 0.944 bits per heavy atom. The third-order valence-electron chi connectivity index (χ3n) is 7.57. The van der Waals surface area contributed by atoms with Crippen molar-refractivity contribution in [3.8, 4) is 0 Å². The van der Waals surface area contributed by atoms with Crippen molar-refractivity contribution in [1.82, 2.24) is 15.5 Å². The second kappa shape index (κ2) is 11.9. The van der Waals surface area contributed by atoms with Crippen molar-refractivity contribution in [3.63, 3.8) is 0 Å². The van der Waals surface area contributed by atoms with Crippen molar-refractivity contribution in [2.75, 3.05) is 33.2 Å². The van der Waals surface area contributed by atoms with E-state index in [1.807, 2.05) is 36.4 Å². The number of nitrogens with zero attached hydrogens (tertiary/aromatic N) is 1. The summed E-state index contributed by atoms with van der Waals surface area (Å²) in [4.78, 5) is 14.6. The maximum absolute atomic E-state index is 12.2. The van der Waals surface area contributed by atoms with Crippen LogP contribution in [0.25, 0.3) is 0 Å². The van der Waals surface area contributed by atoms with Gasteiger partial charge in [-0.1, -0.05) is 84.4 Å². The highest BCUT2D eigenvalue weighted by Crippen LogP contribution is 2.37. The predicted octanol–water partition coefficient (Wildman–Crippen LogP) is 5.32. The first-order valence-electron chi connectivity index (χ1n) is 12.7. The van der Waals surface area contributed by atoms with Crippen molar-refractivity contribution in [2.24, 2.45) is 0 Å². The van der Waals surface area contributed by atoms with E-state index in [2.05, 4.69) is 64.1 Å². The zero-order chi connectivity index (χ0) is 25.4. The van der Waals surface area contributed by atoms with Crippen LogP contribution in [-0.2, 0) is 11.0 Å². The second-order valence-electron chi connectivity index (χ2n) is 9.73. The lowest BCUT2D eigenvalue weighted by Crippen LogP contribution is -2.46. The minimum absolute atomic E-state index is 0.177. The molecule has 5 nitrogen and oxygen atoms in total. The Hall–Kier alpha value is -2.86. The Kier molecular flexibility index (Phi) is 8.68. The lowest BCUT2D eigenvalue weighted by Gasteiger charge is -2.40. The van der Waals surface area contributed by atoms with Crippen LogP contribution in [0.4, 0.5) is 4.79 Å². The van der Waals surface area contributed by atoms with Crippen LogP contribution >= 0.6 is 11.6 Å². The van der Waals surface area contributed by atoms with E-state index in [9.17, 15) is 9.90 Å². The molecule has 1 aliphatic heterocycles. The Balaban J connectivity index is 1.46. The molecule has 36 heavy (non-hydrogen) atoms. The van der Waals surface area contributed by atoms with E-state index < -0.39 is 5.60 Å². The number of carbonyl (C=O) groups excluding carboxylic acids is 1. The van der Waals surface area contributed by atoms with Crippen LogP contribution in [0.2, 0.25) is 5.02 Å². The van der Waals surface area contributed by atoms with Gasteiger partial charge in [0.2, 0.25) is 0 Å². The highest BCUT2D eigenvalue weighted by molar-refractivity contribution is 6.30. The summed E-state index contributed by atoms with van der Waals surface area (Å²) in [5.74, 6) is 0. The molecule has 3 aromatic carbocycles. The average molecular weight is 506 g/mol. The number of aliphatic hydroxyl groups is 1. The van der Waals surface area contributed by atoms with Crippen LogP contribution in [0.1, 0.15) is 42.4 Å². The molecule has 3 N–H and O–H groups in total. The second-order valence-corrected chi connectivity index (χ2v) is 10.2. The zero-order valence-electron chi connectivity index (χ0n) is 20.9. The number of nitrogens with one attached hydrogen (secondary N) is 2. The van der Waals surface area contributed by atoms with Gasteiger partial charge in [-0.2, -0.15) is 0 Å². The van der Waals surface area contributed by atoms with Gasteiger partial charge in [0.25, 0.3) is 0 Å². The number of hydrogen-bond donors (Lipinski definition) is 3. The third-order valence-corrected chi connectivity index (χ3v) is 7.83. The van der Waals surface area contributed by atoms with Crippen molar-refractivity contribution in [3.05, 3.63) is 107 Å². The van der Waals surface area contributed by atoms with Crippen molar-refractivity contribution >= 4 is 17.6 Å². The van der Waals surface area contributed by atoms with Gasteiger partial charge in [-0.25, -0.2) is 4.79 Å². The fourth-order valence-electron chi connectivity index (χ4n) is 5.38. The molecule has 0 radical (unpaired) electrons. The Morgan fingerprint density at radius 2 is 1.50 bits per heavy atom. The topological polar surface area (TPSA) is 64.6 Å². The number of halogens is 1. The third kappa shape index (κ3) is 6.09. The fourth-order valence-corrected chi connectivity index (χ4v) is 5.51. The number of likely N-dealkylation sites (tertiary alicyclic amines) is 1. The summed E-state index contributed by atoms with van der Waals surface area (Å²) in [5.41, 5.74) is 2.20. The maximum Gasteiger partial charge on any atom is 0.314 e. The first-order chi connectivity index (χ1) is 17.4. The van der Waals surface area contributed by atoms with Gasteiger partial charge in [0.15, 0.2) is 0 Å². The van der Waals surface area contributed by atoms with Crippen LogP contribution in [-0.4, -0.2) is 49.3 Å². The molecule has 6 heteroatoms. The van der Waals surface area contributed by atoms with E-state index in [1.54, 1.807) is 7.05 Å². The minimum Gasteiger partial charge on any atom is -0.385 e. The van der Waals surface area contributed by atoms with Crippen LogP contribution in [0.15, 0.2) is 84.9 Å². The maximum atomic E-state index is 12.2. The van der Waals surface area contributed by atoms with Crippen LogP contribution in [0, 0.1) is 0 Å². The Labute approximate surface area is 219 Å². The van der Waals surface area contributed by atoms with Crippen molar-refractivity contribution in [2.45, 2.75) is 36.7 Å². The van der Waals surface area contributed by atoms with Gasteiger partial charge < -0.3 is 20.6 Å². The number of amides is 2. The van der Waals surface area contributed by atoms with Crippen molar-refractivity contribution in [1.29, 1.82) is 0 Å². The van der Waals surface area contributed by atoms with Gasteiger partial charge >= 0.3 is 6.03 Å². The highest BCUT2D eigenvalue weighted by atomic mass is 35.5. The standard InChI is InChI=1S/C30H36ClN3O2/c1-32-28(35)33-23-29(24-9-4-2-5-10-24,25-11-6-3-7-12-25)17-8-20-34-21-18-30(36,19-22-34)26-13-15-27(31)16-14-26/h2-7,9-16,36H,8,17-23H2,1H3,(H2,32,33,35). The van der Waals surface area contributed by atoms with Crippen molar-refractivity contribution < 1.29 is 9.90 Å². The lowest BCUT2D eigenvalue weighted by atomic mass is 9.71. The first-order valence-corrected chi connectivity index (χ1v) is 13.1. The number of hydrogen-bond acceptors (Lipinski definition) is 3. The molecule has 2 amide bonds.